The second-order valence-corrected chi connectivity index (χ2v) is 3.68. The zero-order valence-corrected chi connectivity index (χ0v) is 9.65. The minimum absolute atomic E-state index is 0.103. The summed E-state index contributed by atoms with van der Waals surface area (Å²) in [6, 6.07) is 1.09. The van der Waals surface area contributed by atoms with Crippen molar-refractivity contribution in [2.45, 2.75) is 19.3 Å². The van der Waals surface area contributed by atoms with Gasteiger partial charge < -0.3 is 16.2 Å². The van der Waals surface area contributed by atoms with Crippen molar-refractivity contribution in [3.05, 3.63) is 23.6 Å². The number of nitrogens with zero attached hydrogens (tertiary/aromatic N) is 1. The third kappa shape index (κ3) is 4.00. The number of primary amides is 1. The van der Waals surface area contributed by atoms with Gasteiger partial charge in [-0.15, -0.1) is 0 Å². The molecule has 98 valence electrons. The van der Waals surface area contributed by atoms with E-state index in [0.717, 1.165) is 6.07 Å². The molecule has 0 unspecified atom stereocenters. The molecule has 0 aliphatic heterocycles. The Morgan fingerprint density at radius 2 is 2.17 bits per heavy atom. The second kappa shape index (κ2) is 6.53. The summed E-state index contributed by atoms with van der Waals surface area (Å²) in [4.78, 5) is 24.9. The number of hydrogen-bond acceptors (Lipinski definition) is 4. The van der Waals surface area contributed by atoms with Crippen molar-refractivity contribution in [2.24, 2.45) is 5.73 Å². The van der Waals surface area contributed by atoms with Gasteiger partial charge in [0.2, 0.25) is 5.91 Å². The van der Waals surface area contributed by atoms with E-state index in [-0.39, 0.29) is 18.1 Å². The molecule has 1 aromatic rings. The Morgan fingerprint density at radius 3 is 2.78 bits per heavy atom. The summed E-state index contributed by atoms with van der Waals surface area (Å²) in [5, 5.41) is 11.4. The van der Waals surface area contributed by atoms with Crippen molar-refractivity contribution in [3.63, 3.8) is 0 Å². The van der Waals surface area contributed by atoms with Gasteiger partial charge in [-0.1, -0.05) is 0 Å². The molecule has 0 saturated heterocycles. The van der Waals surface area contributed by atoms with E-state index in [2.05, 4.69) is 10.3 Å². The molecule has 0 aromatic carbocycles. The number of hydrogen-bond donors (Lipinski definition) is 3. The van der Waals surface area contributed by atoms with E-state index in [1.165, 1.54) is 6.20 Å². The number of aromatic carboxylic acids is 1. The van der Waals surface area contributed by atoms with Gasteiger partial charge in [0.1, 0.15) is 5.56 Å². The van der Waals surface area contributed by atoms with E-state index in [1.54, 1.807) is 0 Å². The maximum absolute atomic E-state index is 13.6. The van der Waals surface area contributed by atoms with Gasteiger partial charge in [0.15, 0.2) is 11.6 Å². The normalized spacial score (nSPS) is 10.1. The second-order valence-electron chi connectivity index (χ2n) is 3.68. The monoisotopic (exact) mass is 255 g/mol. The van der Waals surface area contributed by atoms with Crippen LogP contribution in [0.2, 0.25) is 0 Å². The molecule has 0 spiro atoms. The summed E-state index contributed by atoms with van der Waals surface area (Å²) in [5.74, 6) is -2.72. The number of rotatable bonds is 7. The molecule has 0 atom stereocenters. The standard InChI is InChI=1S/C11H14FN3O3/c12-9-7(11(17)18)4-6-15-10(9)14-5-2-1-3-8(13)16/h4,6H,1-3,5H2,(H2,13,16)(H,14,15)(H,17,18). The summed E-state index contributed by atoms with van der Waals surface area (Å²) >= 11 is 0. The van der Waals surface area contributed by atoms with Crippen LogP contribution in [0.3, 0.4) is 0 Å². The third-order valence-electron chi connectivity index (χ3n) is 2.26. The van der Waals surface area contributed by atoms with Crippen LogP contribution in [0, 0.1) is 5.82 Å². The minimum Gasteiger partial charge on any atom is -0.478 e. The molecular weight excluding hydrogens is 241 g/mol. The van der Waals surface area contributed by atoms with Crippen LogP contribution in [0.25, 0.3) is 0 Å². The largest absolute Gasteiger partial charge is 0.478 e. The Bertz CT molecular complexity index is 451. The number of halogens is 1. The van der Waals surface area contributed by atoms with Crippen LogP contribution < -0.4 is 11.1 Å². The van der Waals surface area contributed by atoms with E-state index in [9.17, 15) is 14.0 Å². The van der Waals surface area contributed by atoms with Crippen molar-refractivity contribution in [1.29, 1.82) is 0 Å². The third-order valence-corrected chi connectivity index (χ3v) is 2.26. The lowest BCUT2D eigenvalue weighted by molar-refractivity contribution is -0.118. The first kappa shape index (κ1) is 13.9. The maximum atomic E-state index is 13.6. The molecule has 0 saturated carbocycles. The average Bonchev–Trinajstić information content (AvgIpc) is 2.30. The predicted octanol–water partition coefficient (Wildman–Crippen LogP) is 0.986. The molecule has 4 N–H and O–H groups in total. The minimum atomic E-state index is -1.34. The Labute approximate surface area is 103 Å². The highest BCUT2D eigenvalue weighted by Gasteiger charge is 2.14. The van der Waals surface area contributed by atoms with Gasteiger partial charge in [0.05, 0.1) is 0 Å². The lowest BCUT2D eigenvalue weighted by atomic mass is 10.2. The summed E-state index contributed by atoms with van der Waals surface area (Å²) in [6.45, 7) is 0.389. The van der Waals surface area contributed by atoms with E-state index in [1.807, 2.05) is 0 Å². The highest BCUT2D eigenvalue weighted by molar-refractivity contribution is 5.88. The lowest BCUT2D eigenvalue weighted by Gasteiger charge is -2.07. The van der Waals surface area contributed by atoms with Gasteiger partial charge in [-0.2, -0.15) is 0 Å². The molecule has 1 aromatic heterocycles. The molecule has 7 heteroatoms. The zero-order valence-electron chi connectivity index (χ0n) is 9.65. The Morgan fingerprint density at radius 1 is 1.44 bits per heavy atom. The number of pyridine rings is 1. The molecule has 0 bridgehead atoms. The number of nitrogens with one attached hydrogen (secondary N) is 1. The van der Waals surface area contributed by atoms with Crippen LogP contribution in [0.4, 0.5) is 10.2 Å². The van der Waals surface area contributed by atoms with Crippen LogP contribution in [-0.2, 0) is 4.79 Å². The lowest BCUT2D eigenvalue weighted by Crippen LogP contribution is -2.12. The number of unbranched alkanes of at least 4 members (excludes halogenated alkanes) is 1. The van der Waals surface area contributed by atoms with Gasteiger partial charge in [0.25, 0.3) is 0 Å². The molecule has 0 aliphatic rings. The molecule has 1 rings (SSSR count). The number of carbonyl (C=O) groups is 2. The number of carboxylic acids is 1. The van der Waals surface area contributed by atoms with Gasteiger partial charge in [0, 0.05) is 19.2 Å². The SMILES string of the molecule is NC(=O)CCCCNc1nccc(C(=O)O)c1F. The van der Waals surface area contributed by atoms with Crippen LogP contribution >= 0.6 is 0 Å². The Kier molecular flexibility index (Phi) is 5.04. The summed E-state index contributed by atoms with van der Waals surface area (Å²) < 4.78 is 13.6. The van der Waals surface area contributed by atoms with E-state index in [4.69, 9.17) is 10.8 Å². The first-order valence-corrected chi connectivity index (χ1v) is 5.42. The van der Waals surface area contributed by atoms with Crippen molar-refractivity contribution in [2.75, 3.05) is 11.9 Å². The molecule has 1 amide bonds. The zero-order chi connectivity index (χ0) is 13.5. The maximum Gasteiger partial charge on any atom is 0.338 e. The fraction of sp³-hybridized carbons (Fsp3) is 0.364. The van der Waals surface area contributed by atoms with Crippen molar-refractivity contribution >= 4 is 17.7 Å². The number of amides is 1. The molecule has 1 heterocycles. The number of aromatic nitrogens is 1. The van der Waals surface area contributed by atoms with Crippen LogP contribution in [-0.4, -0.2) is 28.5 Å². The number of carboxylic acid groups (broad SMARTS) is 1. The van der Waals surface area contributed by atoms with E-state index >= 15 is 0 Å². The van der Waals surface area contributed by atoms with Crippen molar-refractivity contribution < 1.29 is 19.1 Å². The van der Waals surface area contributed by atoms with Crippen LogP contribution in [0.1, 0.15) is 29.6 Å². The summed E-state index contributed by atoms with van der Waals surface area (Å²) in [5.41, 5.74) is 4.54. The Balaban J connectivity index is 2.50. The highest BCUT2D eigenvalue weighted by Crippen LogP contribution is 2.15. The van der Waals surface area contributed by atoms with Gasteiger partial charge in [-0.25, -0.2) is 14.2 Å². The van der Waals surface area contributed by atoms with Crippen molar-refractivity contribution in [3.8, 4) is 0 Å². The smallest absolute Gasteiger partial charge is 0.338 e. The summed E-state index contributed by atoms with van der Waals surface area (Å²) in [6.07, 6.45) is 2.69. The quantitative estimate of drug-likeness (QED) is 0.630. The molecule has 0 radical (unpaired) electrons. The summed E-state index contributed by atoms with van der Waals surface area (Å²) in [7, 11) is 0. The molecule has 6 nitrogen and oxygen atoms in total. The van der Waals surface area contributed by atoms with E-state index < -0.39 is 17.3 Å². The fourth-order valence-electron chi connectivity index (χ4n) is 1.36. The number of carbonyl (C=O) groups excluding carboxylic acids is 1. The fourth-order valence-corrected chi connectivity index (χ4v) is 1.36. The van der Waals surface area contributed by atoms with Crippen LogP contribution in [0.5, 0.6) is 0 Å². The average molecular weight is 255 g/mol. The Hall–Kier alpha value is -2.18. The number of anilines is 1. The van der Waals surface area contributed by atoms with Crippen LogP contribution in [0.15, 0.2) is 12.3 Å². The molecular formula is C11H14FN3O3. The first-order chi connectivity index (χ1) is 8.52. The van der Waals surface area contributed by atoms with Crippen molar-refractivity contribution in [1.82, 2.24) is 4.98 Å². The first-order valence-electron chi connectivity index (χ1n) is 5.42. The molecule has 18 heavy (non-hydrogen) atoms. The van der Waals surface area contributed by atoms with E-state index in [0.29, 0.717) is 19.4 Å². The molecule has 0 aliphatic carbocycles. The number of nitrogens with two attached hydrogens (primary N) is 1. The van der Waals surface area contributed by atoms with Gasteiger partial charge >= 0.3 is 5.97 Å². The topological polar surface area (TPSA) is 105 Å². The predicted molar refractivity (Wildman–Crippen MR) is 62.7 cm³/mol. The van der Waals surface area contributed by atoms with Gasteiger partial charge in [-0.05, 0) is 18.9 Å². The highest BCUT2D eigenvalue weighted by atomic mass is 19.1. The molecule has 0 fully saturated rings. The van der Waals surface area contributed by atoms with Gasteiger partial charge in [-0.3, -0.25) is 4.79 Å².